The van der Waals surface area contributed by atoms with Crippen LogP contribution in [0.1, 0.15) is 30.1 Å². The van der Waals surface area contributed by atoms with Gasteiger partial charge in [0.2, 0.25) is 5.91 Å². The van der Waals surface area contributed by atoms with Crippen molar-refractivity contribution in [2.24, 2.45) is 0 Å². The molecule has 0 saturated carbocycles. The van der Waals surface area contributed by atoms with Crippen LogP contribution in [-0.4, -0.2) is 50.1 Å². The Morgan fingerprint density at radius 2 is 1.68 bits per heavy atom. The number of amides is 2. The number of piperidine rings is 1. The quantitative estimate of drug-likeness (QED) is 0.914. The van der Waals surface area contributed by atoms with Gasteiger partial charge in [-0.05, 0) is 25.0 Å². The first-order valence-electron chi connectivity index (χ1n) is 7.34. The zero-order valence-corrected chi connectivity index (χ0v) is 13.2. The largest absolute Gasteiger partial charge is 0.496 e. The minimum Gasteiger partial charge on any atom is -0.496 e. The summed E-state index contributed by atoms with van der Waals surface area (Å²) < 4.78 is 10.5. The van der Waals surface area contributed by atoms with Gasteiger partial charge in [0.1, 0.15) is 17.1 Å². The lowest BCUT2D eigenvalue weighted by atomic mass is 10.0. The second-order valence-corrected chi connectivity index (χ2v) is 5.29. The van der Waals surface area contributed by atoms with Crippen molar-refractivity contribution < 1.29 is 19.1 Å². The summed E-state index contributed by atoms with van der Waals surface area (Å²) in [4.78, 5) is 25.7. The highest BCUT2D eigenvalue weighted by Crippen LogP contribution is 2.28. The molecule has 1 N–H and O–H groups in total. The summed E-state index contributed by atoms with van der Waals surface area (Å²) in [7, 11) is 3.05. The zero-order chi connectivity index (χ0) is 16.1. The van der Waals surface area contributed by atoms with E-state index in [1.165, 1.54) is 14.2 Å². The molecule has 1 aliphatic rings. The van der Waals surface area contributed by atoms with Crippen LogP contribution in [0.25, 0.3) is 0 Å². The molecule has 0 bridgehead atoms. The molecule has 1 heterocycles. The molecule has 0 atom stereocenters. The maximum Gasteiger partial charge on any atom is 0.259 e. The van der Waals surface area contributed by atoms with Crippen molar-refractivity contribution in [1.29, 1.82) is 0 Å². The van der Waals surface area contributed by atoms with Crippen LogP contribution in [0.4, 0.5) is 0 Å². The third kappa shape index (κ3) is 3.50. The molecule has 1 aromatic rings. The molecule has 2 amide bonds. The zero-order valence-electron chi connectivity index (χ0n) is 13.2. The predicted octanol–water partition coefficient (Wildman–Crippen LogP) is 1.44. The van der Waals surface area contributed by atoms with Crippen molar-refractivity contribution in [2.45, 2.75) is 25.8 Å². The number of methoxy groups -OCH3 is 2. The summed E-state index contributed by atoms with van der Waals surface area (Å²) >= 11 is 0. The fourth-order valence-electron chi connectivity index (χ4n) is 2.67. The number of hydrogen-bond acceptors (Lipinski definition) is 4. The lowest BCUT2D eigenvalue weighted by molar-refractivity contribution is -0.129. The summed E-state index contributed by atoms with van der Waals surface area (Å²) in [6.45, 7) is 2.91. The topological polar surface area (TPSA) is 67.9 Å². The van der Waals surface area contributed by atoms with Crippen molar-refractivity contribution in [3.05, 3.63) is 23.8 Å². The number of nitrogens with one attached hydrogen (secondary N) is 1. The average molecular weight is 306 g/mol. The van der Waals surface area contributed by atoms with Gasteiger partial charge in [-0.25, -0.2) is 0 Å². The smallest absolute Gasteiger partial charge is 0.259 e. The SMILES string of the molecule is COc1cccc(OC)c1C(=O)NC1CCN(C(C)=O)CC1. The van der Waals surface area contributed by atoms with Gasteiger partial charge in [0.15, 0.2) is 0 Å². The fraction of sp³-hybridized carbons (Fsp3) is 0.500. The molecular formula is C16H22N2O4. The van der Waals surface area contributed by atoms with Crippen LogP contribution in [0.5, 0.6) is 11.5 Å². The van der Waals surface area contributed by atoms with E-state index >= 15 is 0 Å². The van der Waals surface area contributed by atoms with Crippen LogP contribution in [0, 0.1) is 0 Å². The Balaban J connectivity index is 2.06. The molecule has 0 unspecified atom stereocenters. The van der Waals surface area contributed by atoms with E-state index in [1.807, 2.05) is 0 Å². The Bertz CT molecular complexity index is 529. The third-order valence-corrected chi connectivity index (χ3v) is 3.93. The summed E-state index contributed by atoms with van der Waals surface area (Å²) in [5, 5.41) is 3.01. The lowest BCUT2D eigenvalue weighted by Gasteiger charge is -2.31. The van der Waals surface area contributed by atoms with E-state index in [2.05, 4.69) is 5.32 Å². The first-order chi connectivity index (χ1) is 10.6. The second kappa shape index (κ2) is 7.15. The Hall–Kier alpha value is -2.24. The first kappa shape index (κ1) is 16.1. The van der Waals surface area contributed by atoms with Crippen LogP contribution in [-0.2, 0) is 4.79 Å². The van der Waals surface area contributed by atoms with E-state index in [0.29, 0.717) is 30.2 Å². The molecular weight excluding hydrogens is 284 g/mol. The summed E-state index contributed by atoms with van der Waals surface area (Å²) in [6, 6.07) is 5.29. The second-order valence-electron chi connectivity index (χ2n) is 5.29. The standard InChI is InChI=1S/C16H22N2O4/c1-11(19)18-9-7-12(8-10-18)17-16(20)15-13(21-2)5-4-6-14(15)22-3/h4-6,12H,7-10H2,1-3H3,(H,17,20). The lowest BCUT2D eigenvalue weighted by Crippen LogP contribution is -2.46. The summed E-state index contributed by atoms with van der Waals surface area (Å²) in [6.07, 6.45) is 1.51. The van der Waals surface area contributed by atoms with Gasteiger partial charge in [-0.1, -0.05) is 6.07 Å². The van der Waals surface area contributed by atoms with Crippen LogP contribution in [0.15, 0.2) is 18.2 Å². The maximum atomic E-state index is 12.5. The average Bonchev–Trinajstić information content (AvgIpc) is 2.54. The van der Waals surface area contributed by atoms with Gasteiger partial charge >= 0.3 is 0 Å². The molecule has 6 nitrogen and oxygen atoms in total. The van der Waals surface area contributed by atoms with Crippen LogP contribution >= 0.6 is 0 Å². The molecule has 0 spiro atoms. The van der Waals surface area contributed by atoms with E-state index < -0.39 is 0 Å². The molecule has 0 aliphatic carbocycles. The van der Waals surface area contributed by atoms with E-state index in [9.17, 15) is 9.59 Å². The molecule has 22 heavy (non-hydrogen) atoms. The van der Waals surface area contributed by atoms with Gasteiger partial charge in [0, 0.05) is 26.1 Å². The van der Waals surface area contributed by atoms with Crippen molar-refractivity contribution in [3.63, 3.8) is 0 Å². The molecule has 120 valence electrons. The monoisotopic (exact) mass is 306 g/mol. The van der Waals surface area contributed by atoms with E-state index in [4.69, 9.17) is 9.47 Å². The van der Waals surface area contributed by atoms with E-state index in [0.717, 1.165) is 12.8 Å². The normalized spacial score (nSPS) is 15.3. The highest BCUT2D eigenvalue weighted by molar-refractivity contribution is 5.99. The third-order valence-electron chi connectivity index (χ3n) is 3.93. The van der Waals surface area contributed by atoms with Crippen LogP contribution in [0.2, 0.25) is 0 Å². The molecule has 0 radical (unpaired) electrons. The number of hydrogen-bond donors (Lipinski definition) is 1. The molecule has 1 fully saturated rings. The molecule has 0 aromatic heterocycles. The molecule has 6 heteroatoms. The number of nitrogens with zero attached hydrogens (tertiary/aromatic N) is 1. The molecule has 1 aliphatic heterocycles. The van der Waals surface area contributed by atoms with E-state index in [1.54, 1.807) is 30.0 Å². The van der Waals surface area contributed by atoms with Crippen LogP contribution < -0.4 is 14.8 Å². The number of carbonyl (C=O) groups is 2. The van der Waals surface area contributed by atoms with Gasteiger partial charge in [-0.3, -0.25) is 9.59 Å². The Labute approximate surface area is 130 Å². The highest BCUT2D eigenvalue weighted by Gasteiger charge is 2.25. The first-order valence-corrected chi connectivity index (χ1v) is 7.34. The van der Waals surface area contributed by atoms with Crippen molar-refractivity contribution >= 4 is 11.8 Å². The van der Waals surface area contributed by atoms with Crippen LogP contribution in [0.3, 0.4) is 0 Å². The number of ether oxygens (including phenoxy) is 2. The Kier molecular flexibility index (Phi) is 5.25. The van der Waals surface area contributed by atoms with E-state index in [-0.39, 0.29) is 17.9 Å². The van der Waals surface area contributed by atoms with Gasteiger partial charge in [0.25, 0.3) is 5.91 Å². The molecule has 1 aromatic carbocycles. The molecule has 1 saturated heterocycles. The minimum absolute atomic E-state index is 0.0534. The Morgan fingerprint density at radius 3 is 2.14 bits per heavy atom. The summed E-state index contributed by atoms with van der Waals surface area (Å²) in [5.74, 6) is 0.836. The number of benzene rings is 1. The highest BCUT2D eigenvalue weighted by atomic mass is 16.5. The predicted molar refractivity (Wildman–Crippen MR) is 82.3 cm³/mol. The van der Waals surface area contributed by atoms with Gasteiger partial charge in [0.05, 0.1) is 14.2 Å². The fourth-order valence-corrected chi connectivity index (χ4v) is 2.67. The minimum atomic E-state index is -0.212. The van der Waals surface area contributed by atoms with Gasteiger partial charge in [-0.15, -0.1) is 0 Å². The van der Waals surface area contributed by atoms with Crippen molar-refractivity contribution in [1.82, 2.24) is 10.2 Å². The maximum absolute atomic E-state index is 12.5. The Morgan fingerprint density at radius 1 is 1.14 bits per heavy atom. The summed E-state index contributed by atoms with van der Waals surface area (Å²) in [5.41, 5.74) is 0.404. The number of rotatable bonds is 4. The molecule has 2 rings (SSSR count). The number of carbonyl (C=O) groups excluding carboxylic acids is 2. The van der Waals surface area contributed by atoms with Gasteiger partial charge < -0.3 is 19.7 Å². The van der Waals surface area contributed by atoms with Crippen molar-refractivity contribution in [3.8, 4) is 11.5 Å². The van der Waals surface area contributed by atoms with Gasteiger partial charge in [-0.2, -0.15) is 0 Å². The van der Waals surface area contributed by atoms with Crippen molar-refractivity contribution in [2.75, 3.05) is 27.3 Å². The number of likely N-dealkylation sites (tertiary alicyclic amines) is 1.